The van der Waals surface area contributed by atoms with Crippen molar-refractivity contribution >= 4 is 69.5 Å². The summed E-state index contributed by atoms with van der Waals surface area (Å²) in [6.45, 7) is 12.0. The van der Waals surface area contributed by atoms with Gasteiger partial charge in [-0.3, -0.25) is 38.6 Å². The van der Waals surface area contributed by atoms with E-state index in [1.54, 1.807) is 32.9 Å². The predicted molar refractivity (Wildman–Crippen MR) is 321 cm³/mol. The van der Waals surface area contributed by atoms with Gasteiger partial charge < -0.3 is 48.6 Å². The van der Waals surface area contributed by atoms with Crippen molar-refractivity contribution in [3.8, 4) is 5.75 Å². The molecular weight excluding hydrogens is 1030 g/mol. The summed E-state index contributed by atoms with van der Waals surface area (Å²) in [5.41, 5.74) is 20.8. The molecule has 12 N–H and O–H groups in total. The number of ketones is 3. The number of nitrogens with two attached hydrogens (primary N) is 3. The molecule has 0 saturated heterocycles. The number of nitrogens with zero attached hydrogens (tertiary/aromatic N) is 1. The summed E-state index contributed by atoms with van der Waals surface area (Å²) >= 11 is 1.53. The molecule has 0 aliphatic carbocycles. The van der Waals surface area contributed by atoms with Gasteiger partial charge in [0.25, 0.3) is 0 Å². The minimum absolute atomic E-state index is 0.0218. The number of fused-ring (bicyclic) bond motifs is 1. The van der Waals surface area contributed by atoms with Crippen LogP contribution in [0.2, 0.25) is 0 Å². The Balaban J connectivity index is 1.57. The SMILES string of the molecule is CC[C@H](CCCCN)NC(=O)[C@@H](CC(=O)[C@H](CCSC)NC(=O)[C@@H](CC(=O)[C@@H](NC(=O)[C@@H](CC(=O)[C@H](Cc1ccccc1)NC(=O)[C@@H](CN)CCCN=C(C)N)Cc1ccc(O)cc1)C(C)C)C(C)C)Cc1c[nH]c2ccccc12. The number of unbranched alkanes of at least 4 members (excludes halogenated alkanes) is 1. The molecule has 80 heavy (non-hydrogen) atoms. The number of carbonyl (C=O) groups is 7. The molecule has 0 spiro atoms. The van der Waals surface area contributed by atoms with Crippen LogP contribution >= 0.6 is 11.8 Å². The molecule has 18 heteroatoms. The number of H-pyrrole nitrogens is 1. The van der Waals surface area contributed by atoms with Crippen LogP contribution in [0.3, 0.4) is 0 Å². The van der Waals surface area contributed by atoms with Gasteiger partial charge in [-0.15, -0.1) is 0 Å². The standard InChI is InChI=1S/C62H91N9O8S/c1-8-48(20-14-15-28-63)68-60(77)46(33-47-38-67-52-22-13-12-21-50(47)52)35-55(73)53(27-30-80-7)69-62(79)51(39(2)3)36-57(75)58(40(4)5)71-61(78)45(31-43-23-25-49(72)26-24-43)34-56(74)54(32-42-17-10-9-11-18-42)70-59(76)44(37-64)19-16-29-66-41(6)65/h9-13,17-18,21-26,38-40,44-46,48,51,53-54,58,67,72H,8,14-16,19-20,27-37,63-64H2,1-7H3,(H2,65,66)(H,68,77)(H,69,79)(H,70,76)(H,71,78)/t44-,45-,46-,48-,51+,53+,54+,58+/m1/s1. The fourth-order valence-electron chi connectivity index (χ4n) is 10.0. The third-order valence-electron chi connectivity index (χ3n) is 14.9. The van der Waals surface area contributed by atoms with Gasteiger partial charge in [-0.1, -0.05) is 102 Å². The number of hydrogen-bond donors (Lipinski definition) is 9. The van der Waals surface area contributed by atoms with Gasteiger partial charge in [0.15, 0.2) is 17.3 Å². The first-order valence-corrected chi connectivity index (χ1v) is 30.0. The summed E-state index contributed by atoms with van der Waals surface area (Å²) in [5, 5.41) is 23.2. The smallest absolute Gasteiger partial charge is 0.224 e. The quantitative estimate of drug-likeness (QED) is 0.0126. The molecule has 0 radical (unpaired) electrons. The first kappa shape index (κ1) is 66.1. The van der Waals surface area contributed by atoms with Crippen LogP contribution in [0.25, 0.3) is 10.9 Å². The van der Waals surface area contributed by atoms with Crippen molar-refractivity contribution in [2.75, 3.05) is 31.6 Å². The highest BCUT2D eigenvalue weighted by Crippen LogP contribution is 2.26. The van der Waals surface area contributed by atoms with E-state index in [2.05, 4.69) is 31.2 Å². The second-order valence-electron chi connectivity index (χ2n) is 22.0. The maximum atomic E-state index is 14.7. The number of carbonyl (C=O) groups excluding carboxylic acids is 7. The average molecular weight is 1120 g/mol. The van der Waals surface area contributed by atoms with Gasteiger partial charge in [0, 0.05) is 73.2 Å². The number of rotatable bonds is 38. The molecule has 438 valence electrons. The number of aromatic amines is 1. The first-order chi connectivity index (χ1) is 38.3. The molecular formula is C62H91N9O8S. The lowest BCUT2D eigenvalue weighted by atomic mass is 9.84. The van der Waals surface area contributed by atoms with Crippen molar-refractivity contribution in [1.82, 2.24) is 26.3 Å². The molecule has 4 amide bonds. The van der Waals surface area contributed by atoms with Crippen LogP contribution in [0.1, 0.15) is 122 Å². The second-order valence-corrected chi connectivity index (χ2v) is 23.0. The number of phenols is 1. The number of amidine groups is 1. The Hall–Kier alpha value is -6.37. The van der Waals surface area contributed by atoms with Gasteiger partial charge in [0.2, 0.25) is 23.6 Å². The zero-order valence-corrected chi connectivity index (χ0v) is 49.1. The van der Waals surface area contributed by atoms with Crippen LogP contribution in [0.5, 0.6) is 5.75 Å². The van der Waals surface area contributed by atoms with Gasteiger partial charge in [0.05, 0.1) is 29.9 Å². The van der Waals surface area contributed by atoms with E-state index in [9.17, 15) is 38.7 Å². The number of thioether (sulfide) groups is 1. The van der Waals surface area contributed by atoms with E-state index in [1.807, 2.05) is 87.8 Å². The van der Waals surface area contributed by atoms with E-state index in [1.165, 1.54) is 23.9 Å². The Morgan fingerprint density at radius 3 is 1.88 bits per heavy atom. The van der Waals surface area contributed by atoms with E-state index in [0.29, 0.717) is 62.3 Å². The molecule has 0 saturated carbocycles. The average Bonchev–Trinajstić information content (AvgIpc) is 3.88. The Bertz CT molecular complexity index is 2620. The van der Waals surface area contributed by atoms with Gasteiger partial charge in [-0.2, -0.15) is 11.8 Å². The molecule has 0 aliphatic rings. The Labute approximate surface area is 478 Å². The Morgan fingerprint density at radius 1 is 0.637 bits per heavy atom. The molecule has 4 rings (SSSR count). The van der Waals surface area contributed by atoms with Crippen LogP contribution in [0, 0.1) is 35.5 Å². The lowest BCUT2D eigenvalue weighted by Gasteiger charge is -2.29. The number of aromatic hydroxyl groups is 1. The largest absolute Gasteiger partial charge is 0.508 e. The molecule has 4 aromatic rings. The summed E-state index contributed by atoms with van der Waals surface area (Å²) in [7, 11) is 0. The molecule has 1 aromatic heterocycles. The van der Waals surface area contributed by atoms with Gasteiger partial charge >= 0.3 is 0 Å². The van der Waals surface area contributed by atoms with Crippen molar-refractivity contribution in [1.29, 1.82) is 0 Å². The second kappa shape index (κ2) is 34.7. The normalized spacial score (nSPS) is 14.8. The maximum Gasteiger partial charge on any atom is 0.224 e. The van der Waals surface area contributed by atoms with E-state index < -0.39 is 77.0 Å². The lowest BCUT2D eigenvalue weighted by Crippen LogP contribution is -2.51. The molecule has 0 aliphatic heterocycles. The predicted octanol–water partition coefficient (Wildman–Crippen LogP) is 6.90. The summed E-state index contributed by atoms with van der Waals surface area (Å²) in [6.07, 6.45) is 8.09. The number of nitrogens with one attached hydrogen (secondary N) is 5. The van der Waals surface area contributed by atoms with E-state index >= 15 is 0 Å². The van der Waals surface area contributed by atoms with E-state index in [-0.39, 0.29) is 68.0 Å². The summed E-state index contributed by atoms with van der Waals surface area (Å²) in [4.78, 5) is 108. The lowest BCUT2D eigenvalue weighted by molar-refractivity contribution is -0.137. The number of benzene rings is 3. The van der Waals surface area contributed by atoms with E-state index in [4.69, 9.17) is 17.2 Å². The highest BCUT2D eigenvalue weighted by molar-refractivity contribution is 7.98. The number of amides is 4. The monoisotopic (exact) mass is 1120 g/mol. The van der Waals surface area contributed by atoms with Crippen LogP contribution in [-0.2, 0) is 52.8 Å². The number of phenolic OH excluding ortho intramolecular Hbond substituents is 1. The molecule has 0 unspecified atom stereocenters. The minimum atomic E-state index is -1.06. The van der Waals surface area contributed by atoms with Gasteiger partial charge in [0.1, 0.15) is 5.75 Å². The van der Waals surface area contributed by atoms with Crippen molar-refractivity contribution in [2.45, 2.75) is 149 Å². The summed E-state index contributed by atoms with van der Waals surface area (Å²) in [6, 6.07) is 20.2. The topological polar surface area (TPSA) is 294 Å². The molecule has 8 atom stereocenters. The third kappa shape index (κ3) is 21.9. The van der Waals surface area contributed by atoms with E-state index in [0.717, 1.165) is 41.3 Å². The molecule has 1 heterocycles. The highest BCUT2D eigenvalue weighted by Gasteiger charge is 2.37. The van der Waals surface area contributed by atoms with Crippen molar-refractivity contribution in [3.63, 3.8) is 0 Å². The molecule has 0 bridgehead atoms. The first-order valence-electron chi connectivity index (χ1n) is 28.6. The molecule has 17 nitrogen and oxygen atoms in total. The number of aliphatic imine (C=N–C) groups is 1. The van der Waals surface area contributed by atoms with Crippen LogP contribution in [0.15, 0.2) is 90.1 Å². The third-order valence-corrected chi connectivity index (χ3v) is 15.6. The number of hydrogen-bond acceptors (Lipinski definition) is 12. The van der Waals surface area contributed by atoms with Crippen molar-refractivity contribution < 1.29 is 38.7 Å². The van der Waals surface area contributed by atoms with Crippen LogP contribution < -0.4 is 38.5 Å². The summed E-state index contributed by atoms with van der Waals surface area (Å²) in [5.74, 6) is -5.79. The molecule has 3 aromatic carbocycles. The fourth-order valence-corrected chi connectivity index (χ4v) is 10.5. The van der Waals surface area contributed by atoms with Gasteiger partial charge in [-0.05, 0) is 130 Å². The number of para-hydroxylation sites is 1. The Kier molecular flexibility index (Phi) is 28.7. The van der Waals surface area contributed by atoms with Crippen LogP contribution in [0.4, 0.5) is 0 Å². The van der Waals surface area contributed by atoms with Crippen LogP contribution in [-0.4, -0.2) is 113 Å². The van der Waals surface area contributed by atoms with Crippen molar-refractivity contribution in [3.05, 3.63) is 102 Å². The Morgan fingerprint density at radius 2 is 1.25 bits per heavy atom. The maximum absolute atomic E-state index is 14.7. The fraction of sp³-hybridized carbons (Fsp3) is 0.548. The minimum Gasteiger partial charge on any atom is -0.508 e. The molecule has 0 fully saturated rings. The van der Waals surface area contributed by atoms with Gasteiger partial charge in [-0.25, -0.2) is 0 Å². The number of aromatic nitrogens is 1. The van der Waals surface area contributed by atoms with Crippen molar-refractivity contribution in [2.24, 2.45) is 57.7 Å². The number of Topliss-reactive ketones (excluding diaryl/α,β-unsaturated/α-hetero) is 3. The highest BCUT2D eigenvalue weighted by atomic mass is 32.2. The zero-order chi connectivity index (χ0) is 58.7. The zero-order valence-electron chi connectivity index (χ0n) is 48.3. The summed E-state index contributed by atoms with van der Waals surface area (Å²) < 4.78 is 0.